The number of aliphatic hydroxyl groups is 1. The van der Waals surface area contributed by atoms with E-state index in [2.05, 4.69) is 10.1 Å². The van der Waals surface area contributed by atoms with E-state index in [4.69, 9.17) is 4.42 Å². The highest BCUT2D eigenvalue weighted by Gasteiger charge is 2.44. The highest BCUT2D eigenvalue weighted by molar-refractivity contribution is 5.96. The molecule has 1 aromatic carbocycles. The Balaban J connectivity index is 1.34. The number of hydrogen-bond donors (Lipinski definition) is 1. The lowest BCUT2D eigenvalue weighted by molar-refractivity contribution is 0.0304. The molecule has 0 unspecified atom stereocenters. The molecular weight excluding hydrogens is 332 g/mol. The number of carbonyl (C=O) groups is 1. The molecule has 2 aromatic heterocycles. The smallest absolute Gasteiger partial charge is 0.289 e. The van der Waals surface area contributed by atoms with Crippen LogP contribution in [-0.4, -0.2) is 49.9 Å². The number of aliphatic hydroxyl groups excluding tert-OH is 1. The van der Waals surface area contributed by atoms with Gasteiger partial charge >= 0.3 is 0 Å². The molecule has 134 valence electrons. The summed E-state index contributed by atoms with van der Waals surface area (Å²) in [5.74, 6) is 1.000. The van der Waals surface area contributed by atoms with Crippen molar-refractivity contribution in [3.8, 4) is 0 Å². The molecule has 0 radical (unpaired) electrons. The molecule has 2 aliphatic rings. The van der Waals surface area contributed by atoms with Gasteiger partial charge in [0.15, 0.2) is 5.76 Å². The molecule has 1 amide bonds. The summed E-state index contributed by atoms with van der Waals surface area (Å²) >= 11 is 0. The average Bonchev–Trinajstić information content (AvgIpc) is 3.38. The van der Waals surface area contributed by atoms with Crippen LogP contribution in [-0.2, 0) is 0 Å². The minimum Gasteiger partial charge on any atom is -0.451 e. The van der Waals surface area contributed by atoms with E-state index in [1.165, 1.54) is 6.33 Å². The number of aromatic nitrogens is 3. The molecule has 1 saturated heterocycles. The van der Waals surface area contributed by atoms with Crippen LogP contribution >= 0.6 is 0 Å². The molecular formula is C19H20N4O3. The van der Waals surface area contributed by atoms with Crippen molar-refractivity contribution in [3.63, 3.8) is 0 Å². The number of benzene rings is 1. The standard InChI is InChI=1S/C19H20N4O3/c24-16-6-14-9-22(8-13(14)5-15(16)23-11-20-10-21-23)19(25)18-7-12-3-1-2-4-17(12)26-18/h1-4,7,10-11,13-16,24H,5-6,8-9H2/t13-,14+,15-,16-/m1/s1. The minimum atomic E-state index is -0.459. The third kappa shape index (κ3) is 2.50. The SMILES string of the molecule is O=C(c1cc2ccccc2o1)N1C[C@H]2C[C@@H](n3cncn3)[C@H](O)C[C@H]2C1. The molecule has 3 heterocycles. The molecule has 1 saturated carbocycles. The quantitative estimate of drug-likeness (QED) is 0.764. The van der Waals surface area contributed by atoms with Gasteiger partial charge in [-0.15, -0.1) is 0 Å². The Hall–Kier alpha value is -2.67. The lowest BCUT2D eigenvalue weighted by atomic mass is 9.77. The molecule has 0 bridgehead atoms. The zero-order valence-corrected chi connectivity index (χ0v) is 14.2. The van der Waals surface area contributed by atoms with Crippen LogP contribution < -0.4 is 0 Å². The van der Waals surface area contributed by atoms with Gasteiger partial charge in [0.05, 0.1) is 12.1 Å². The second-order valence-corrected chi connectivity index (χ2v) is 7.36. The molecule has 2 fully saturated rings. The minimum absolute atomic E-state index is 0.0672. The fraction of sp³-hybridized carbons (Fsp3) is 0.421. The summed E-state index contributed by atoms with van der Waals surface area (Å²) in [6.45, 7) is 1.36. The van der Waals surface area contributed by atoms with Gasteiger partial charge < -0.3 is 14.4 Å². The first-order valence-electron chi connectivity index (χ1n) is 8.99. The summed E-state index contributed by atoms with van der Waals surface area (Å²) in [4.78, 5) is 18.7. The molecule has 1 N–H and O–H groups in total. The van der Waals surface area contributed by atoms with Crippen molar-refractivity contribution in [3.05, 3.63) is 48.7 Å². The predicted molar refractivity (Wildman–Crippen MR) is 93.4 cm³/mol. The molecule has 3 aromatic rings. The summed E-state index contributed by atoms with van der Waals surface area (Å²) < 4.78 is 7.47. The van der Waals surface area contributed by atoms with Crippen molar-refractivity contribution in [2.45, 2.75) is 25.0 Å². The number of likely N-dealkylation sites (tertiary alicyclic amines) is 1. The maximum atomic E-state index is 12.9. The van der Waals surface area contributed by atoms with E-state index in [0.29, 0.717) is 37.1 Å². The van der Waals surface area contributed by atoms with Crippen molar-refractivity contribution in [2.24, 2.45) is 11.8 Å². The molecule has 5 rings (SSSR count). The fourth-order valence-electron chi connectivity index (χ4n) is 4.49. The molecule has 1 aliphatic heterocycles. The predicted octanol–water partition coefficient (Wildman–Crippen LogP) is 2.11. The number of rotatable bonds is 2. The van der Waals surface area contributed by atoms with E-state index in [0.717, 1.165) is 17.4 Å². The van der Waals surface area contributed by atoms with Gasteiger partial charge in [-0.2, -0.15) is 5.10 Å². The monoisotopic (exact) mass is 352 g/mol. The van der Waals surface area contributed by atoms with Crippen LogP contribution in [0.2, 0.25) is 0 Å². The zero-order chi connectivity index (χ0) is 17.7. The van der Waals surface area contributed by atoms with E-state index < -0.39 is 6.10 Å². The van der Waals surface area contributed by atoms with Gasteiger partial charge in [0, 0.05) is 18.5 Å². The van der Waals surface area contributed by atoms with Gasteiger partial charge in [0.2, 0.25) is 0 Å². The maximum absolute atomic E-state index is 12.9. The lowest BCUT2D eigenvalue weighted by Crippen LogP contribution is -2.36. The van der Waals surface area contributed by atoms with Gasteiger partial charge in [-0.05, 0) is 36.8 Å². The fourth-order valence-corrected chi connectivity index (χ4v) is 4.49. The van der Waals surface area contributed by atoms with Gasteiger partial charge in [0.25, 0.3) is 5.91 Å². The third-order valence-electron chi connectivity index (χ3n) is 5.81. The van der Waals surface area contributed by atoms with E-state index >= 15 is 0 Å². The second-order valence-electron chi connectivity index (χ2n) is 7.36. The molecule has 7 heteroatoms. The number of carbonyl (C=O) groups excluding carboxylic acids is 1. The highest BCUT2D eigenvalue weighted by atomic mass is 16.3. The summed E-state index contributed by atoms with van der Waals surface area (Å²) in [6, 6.07) is 9.39. The van der Waals surface area contributed by atoms with Crippen LogP contribution in [0.5, 0.6) is 0 Å². The Morgan fingerprint density at radius 1 is 1.19 bits per heavy atom. The van der Waals surface area contributed by atoms with Crippen molar-refractivity contribution in [1.82, 2.24) is 19.7 Å². The zero-order valence-electron chi connectivity index (χ0n) is 14.2. The van der Waals surface area contributed by atoms with Crippen molar-refractivity contribution < 1.29 is 14.3 Å². The molecule has 26 heavy (non-hydrogen) atoms. The number of hydrogen-bond acceptors (Lipinski definition) is 5. The Kier molecular flexibility index (Phi) is 3.56. The van der Waals surface area contributed by atoms with Crippen LogP contribution in [0.25, 0.3) is 11.0 Å². The molecule has 1 aliphatic carbocycles. The topological polar surface area (TPSA) is 84.4 Å². The van der Waals surface area contributed by atoms with Crippen LogP contribution in [0.1, 0.15) is 29.4 Å². The first-order chi connectivity index (χ1) is 12.7. The van der Waals surface area contributed by atoms with E-state index in [1.54, 1.807) is 11.0 Å². The van der Waals surface area contributed by atoms with Gasteiger partial charge in [-0.1, -0.05) is 18.2 Å². The average molecular weight is 352 g/mol. The summed E-state index contributed by atoms with van der Waals surface area (Å²) in [7, 11) is 0. The second kappa shape index (κ2) is 5.95. The number of furan rings is 1. The Labute approximate surface area is 150 Å². The van der Waals surface area contributed by atoms with E-state index in [9.17, 15) is 9.90 Å². The largest absolute Gasteiger partial charge is 0.451 e. The number of fused-ring (bicyclic) bond motifs is 2. The summed E-state index contributed by atoms with van der Waals surface area (Å²) in [6.07, 6.45) is 4.17. The van der Waals surface area contributed by atoms with Gasteiger partial charge in [0.1, 0.15) is 18.2 Å². The number of para-hydroxylation sites is 1. The van der Waals surface area contributed by atoms with Crippen LogP contribution in [0.15, 0.2) is 47.4 Å². The Bertz CT molecular complexity index is 902. The lowest BCUT2D eigenvalue weighted by Gasteiger charge is -2.34. The van der Waals surface area contributed by atoms with Crippen molar-refractivity contribution >= 4 is 16.9 Å². The van der Waals surface area contributed by atoms with Crippen LogP contribution in [0.4, 0.5) is 0 Å². The molecule has 0 spiro atoms. The van der Waals surface area contributed by atoms with Crippen LogP contribution in [0.3, 0.4) is 0 Å². The van der Waals surface area contributed by atoms with Crippen molar-refractivity contribution in [2.75, 3.05) is 13.1 Å². The van der Waals surface area contributed by atoms with Crippen LogP contribution in [0, 0.1) is 11.8 Å². The van der Waals surface area contributed by atoms with Gasteiger partial charge in [-0.25, -0.2) is 9.67 Å². The maximum Gasteiger partial charge on any atom is 0.289 e. The van der Waals surface area contributed by atoms with E-state index in [-0.39, 0.29) is 11.9 Å². The molecule has 7 nitrogen and oxygen atoms in total. The summed E-state index contributed by atoms with van der Waals surface area (Å²) in [5, 5.41) is 15.6. The number of amides is 1. The third-order valence-corrected chi connectivity index (χ3v) is 5.81. The van der Waals surface area contributed by atoms with E-state index in [1.807, 2.05) is 35.2 Å². The Morgan fingerprint density at radius 3 is 2.77 bits per heavy atom. The Morgan fingerprint density at radius 2 is 2.00 bits per heavy atom. The highest BCUT2D eigenvalue weighted by Crippen LogP contribution is 2.41. The normalized spacial score (nSPS) is 28.4. The first kappa shape index (κ1) is 15.6. The number of nitrogens with zero attached hydrogens (tertiary/aromatic N) is 4. The first-order valence-corrected chi connectivity index (χ1v) is 8.99. The van der Waals surface area contributed by atoms with Crippen molar-refractivity contribution in [1.29, 1.82) is 0 Å². The summed E-state index contributed by atoms with van der Waals surface area (Å²) in [5.41, 5.74) is 0.731. The van der Waals surface area contributed by atoms with Gasteiger partial charge in [-0.3, -0.25) is 4.79 Å². The molecule has 4 atom stereocenters.